The maximum Gasteiger partial charge on any atom is 0.242 e. The van der Waals surface area contributed by atoms with Gasteiger partial charge in [-0.15, -0.1) is 0 Å². The maximum absolute atomic E-state index is 12.9. The van der Waals surface area contributed by atoms with Gasteiger partial charge in [0.15, 0.2) is 0 Å². The molecule has 1 aliphatic heterocycles. The smallest absolute Gasteiger partial charge is 0.242 e. The molecule has 0 bridgehead atoms. The van der Waals surface area contributed by atoms with E-state index in [2.05, 4.69) is 16.7 Å². The number of aliphatic hydroxyl groups is 1. The fraction of sp³-hybridized carbons (Fsp3) is 0.318. The molecule has 1 amide bonds. The van der Waals surface area contributed by atoms with Gasteiger partial charge in [-0.25, -0.2) is 0 Å². The van der Waals surface area contributed by atoms with Crippen LogP contribution < -0.4 is 0 Å². The molecule has 1 saturated heterocycles. The Hall–Kier alpha value is -2.30. The molecule has 4 nitrogen and oxygen atoms in total. The molecule has 1 aromatic heterocycles. The number of nitrogens with zero attached hydrogens (tertiary/aromatic N) is 2. The highest BCUT2D eigenvalue weighted by Gasteiger charge is 2.35. The Labute approximate surface area is 164 Å². The number of halogens is 1. The molecule has 2 heterocycles. The fourth-order valence-corrected chi connectivity index (χ4v) is 4.09. The number of piperidine rings is 1. The molecular formula is C22H23ClN2O2. The zero-order valence-corrected chi connectivity index (χ0v) is 16.1. The fourth-order valence-electron chi connectivity index (χ4n) is 3.97. The van der Waals surface area contributed by atoms with E-state index in [0.29, 0.717) is 37.5 Å². The summed E-state index contributed by atoms with van der Waals surface area (Å²) in [4.78, 5) is 14.7. The van der Waals surface area contributed by atoms with Crippen molar-refractivity contribution < 1.29 is 9.90 Å². The van der Waals surface area contributed by atoms with E-state index in [4.69, 9.17) is 11.6 Å². The van der Waals surface area contributed by atoms with Crippen LogP contribution in [0.25, 0.3) is 10.9 Å². The second kappa shape index (κ2) is 7.02. The normalized spacial score (nSPS) is 16.6. The van der Waals surface area contributed by atoms with Crippen molar-refractivity contribution in [1.29, 1.82) is 0 Å². The number of hydrogen-bond donors (Lipinski definition) is 1. The Balaban J connectivity index is 1.45. The Morgan fingerprint density at radius 1 is 1.11 bits per heavy atom. The number of fused-ring (bicyclic) bond motifs is 1. The lowest BCUT2D eigenvalue weighted by atomic mass is 9.84. The first-order chi connectivity index (χ1) is 13.0. The highest BCUT2D eigenvalue weighted by Crippen LogP contribution is 2.33. The van der Waals surface area contributed by atoms with Crippen LogP contribution in [0.5, 0.6) is 0 Å². The Morgan fingerprint density at radius 3 is 2.48 bits per heavy atom. The number of likely N-dealkylation sites (tertiary alicyclic amines) is 1. The number of carbonyl (C=O) groups is 1. The van der Waals surface area contributed by atoms with Gasteiger partial charge in [0.25, 0.3) is 0 Å². The number of aromatic nitrogens is 1. The molecule has 1 aliphatic rings. The zero-order chi connectivity index (χ0) is 19.0. The number of rotatable bonds is 3. The predicted octanol–water partition coefficient (Wildman–Crippen LogP) is 4.11. The van der Waals surface area contributed by atoms with Crippen molar-refractivity contribution in [3.63, 3.8) is 0 Å². The van der Waals surface area contributed by atoms with E-state index in [-0.39, 0.29) is 5.91 Å². The molecule has 0 spiro atoms. The molecule has 0 radical (unpaired) electrons. The molecule has 0 atom stereocenters. The Kier molecular flexibility index (Phi) is 4.70. The number of carbonyl (C=O) groups excluding carboxylic acids is 1. The molecular weight excluding hydrogens is 360 g/mol. The molecule has 5 heteroatoms. The second-order valence-corrected chi connectivity index (χ2v) is 7.79. The Morgan fingerprint density at radius 2 is 1.78 bits per heavy atom. The molecule has 4 rings (SSSR count). The molecule has 0 aliphatic carbocycles. The van der Waals surface area contributed by atoms with Gasteiger partial charge in [-0.2, -0.15) is 0 Å². The summed E-state index contributed by atoms with van der Waals surface area (Å²) in [5.41, 5.74) is 2.14. The summed E-state index contributed by atoms with van der Waals surface area (Å²) in [7, 11) is 0. The number of benzene rings is 2. The first-order valence-corrected chi connectivity index (χ1v) is 9.65. The third-order valence-electron chi connectivity index (χ3n) is 5.64. The minimum Gasteiger partial charge on any atom is -0.385 e. The van der Waals surface area contributed by atoms with Crippen LogP contribution in [0, 0.1) is 6.92 Å². The zero-order valence-electron chi connectivity index (χ0n) is 15.4. The number of amides is 1. The molecule has 1 N–H and O–H groups in total. The quantitative estimate of drug-likeness (QED) is 0.740. The van der Waals surface area contributed by atoms with Gasteiger partial charge < -0.3 is 14.6 Å². The molecule has 0 saturated carbocycles. The molecule has 0 unspecified atom stereocenters. The number of aryl methyl sites for hydroxylation is 1. The average molecular weight is 383 g/mol. The largest absolute Gasteiger partial charge is 0.385 e. The lowest BCUT2D eigenvalue weighted by molar-refractivity contribution is -0.136. The molecule has 2 aromatic carbocycles. The molecule has 140 valence electrons. The average Bonchev–Trinajstić information content (AvgIpc) is 2.98. The lowest BCUT2D eigenvalue weighted by Crippen LogP contribution is -2.46. The van der Waals surface area contributed by atoms with Crippen LogP contribution in [0.1, 0.15) is 24.1 Å². The van der Waals surface area contributed by atoms with Crippen molar-refractivity contribution in [1.82, 2.24) is 9.47 Å². The van der Waals surface area contributed by atoms with E-state index in [0.717, 1.165) is 22.2 Å². The molecule has 3 aromatic rings. The van der Waals surface area contributed by atoms with Crippen LogP contribution >= 0.6 is 11.6 Å². The van der Waals surface area contributed by atoms with Crippen LogP contribution in [0.2, 0.25) is 5.02 Å². The van der Waals surface area contributed by atoms with Gasteiger partial charge in [-0.3, -0.25) is 4.79 Å². The molecule has 1 fully saturated rings. The summed E-state index contributed by atoms with van der Waals surface area (Å²) in [5.74, 6) is 0.0950. The first-order valence-electron chi connectivity index (χ1n) is 9.27. The van der Waals surface area contributed by atoms with Crippen LogP contribution in [-0.4, -0.2) is 33.6 Å². The van der Waals surface area contributed by atoms with Crippen molar-refractivity contribution in [2.24, 2.45) is 0 Å². The lowest BCUT2D eigenvalue weighted by Gasteiger charge is -2.38. The van der Waals surface area contributed by atoms with E-state index < -0.39 is 5.60 Å². The van der Waals surface area contributed by atoms with Crippen molar-refractivity contribution in [2.45, 2.75) is 31.9 Å². The predicted molar refractivity (Wildman–Crippen MR) is 108 cm³/mol. The van der Waals surface area contributed by atoms with Crippen LogP contribution in [0.3, 0.4) is 0 Å². The van der Waals surface area contributed by atoms with Gasteiger partial charge in [0.05, 0.1) is 5.60 Å². The maximum atomic E-state index is 12.9. The highest BCUT2D eigenvalue weighted by atomic mass is 35.5. The van der Waals surface area contributed by atoms with Crippen molar-refractivity contribution in [3.8, 4) is 0 Å². The van der Waals surface area contributed by atoms with Gasteiger partial charge in [0, 0.05) is 29.3 Å². The number of hydrogen-bond acceptors (Lipinski definition) is 2. The van der Waals surface area contributed by atoms with Gasteiger partial charge >= 0.3 is 0 Å². The van der Waals surface area contributed by atoms with Crippen LogP contribution in [0.15, 0.2) is 54.6 Å². The van der Waals surface area contributed by atoms with E-state index in [1.54, 1.807) is 12.1 Å². The Bertz CT molecular complexity index is 970. The van der Waals surface area contributed by atoms with Gasteiger partial charge in [0.1, 0.15) is 6.54 Å². The summed E-state index contributed by atoms with van der Waals surface area (Å²) < 4.78 is 2.07. The standard InChI is InChI=1S/C22H23ClN2O2/c1-16-14-17-4-2-3-5-20(17)25(16)15-21(26)24-12-10-22(27,11-13-24)18-6-8-19(23)9-7-18/h2-9,14,27H,10-13,15H2,1H3. The van der Waals surface area contributed by atoms with Gasteiger partial charge in [-0.1, -0.05) is 41.9 Å². The minimum atomic E-state index is -0.891. The summed E-state index contributed by atoms with van der Waals surface area (Å²) in [6.45, 7) is 3.47. The van der Waals surface area contributed by atoms with E-state index in [1.165, 1.54) is 0 Å². The summed E-state index contributed by atoms with van der Waals surface area (Å²) in [5, 5.41) is 12.8. The second-order valence-electron chi connectivity index (χ2n) is 7.35. The third-order valence-corrected chi connectivity index (χ3v) is 5.89. The molecule has 27 heavy (non-hydrogen) atoms. The van der Waals surface area contributed by atoms with E-state index >= 15 is 0 Å². The van der Waals surface area contributed by atoms with Gasteiger partial charge in [-0.05, 0) is 55.0 Å². The number of para-hydroxylation sites is 1. The first kappa shape index (κ1) is 18.1. The summed E-state index contributed by atoms with van der Waals surface area (Å²) >= 11 is 5.95. The topological polar surface area (TPSA) is 45.5 Å². The van der Waals surface area contributed by atoms with E-state index in [9.17, 15) is 9.90 Å². The minimum absolute atomic E-state index is 0.0950. The monoisotopic (exact) mass is 382 g/mol. The van der Waals surface area contributed by atoms with Crippen LogP contribution in [-0.2, 0) is 16.9 Å². The van der Waals surface area contributed by atoms with Crippen molar-refractivity contribution in [2.75, 3.05) is 13.1 Å². The van der Waals surface area contributed by atoms with Gasteiger partial charge in [0.2, 0.25) is 5.91 Å². The summed E-state index contributed by atoms with van der Waals surface area (Å²) in [6.07, 6.45) is 1.07. The third kappa shape index (κ3) is 3.47. The highest BCUT2D eigenvalue weighted by molar-refractivity contribution is 6.30. The SMILES string of the molecule is Cc1cc2ccccc2n1CC(=O)N1CCC(O)(c2ccc(Cl)cc2)CC1. The van der Waals surface area contributed by atoms with Crippen molar-refractivity contribution in [3.05, 3.63) is 70.9 Å². The van der Waals surface area contributed by atoms with Crippen LogP contribution in [0.4, 0.5) is 0 Å². The summed E-state index contributed by atoms with van der Waals surface area (Å²) in [6, 6.07) is 17.6. The van der Waals surface area contributed by atoms with E-state index in [1.807, 2.05) is 42.2 Å². The van der Waals surface area contributed by atoms with Crippen molar-refractivity contribution >= 4 is 28.4 Å².